The number of carboxylic acids is 2. The van der Waals surface area contributed by atoms with Gasteiger partial charge in [0.15, 0.2) is 0 Å². The minimum atomic E-state index is -5.08. The zero-order valence-corrected chi connectivity index (χ0v) is 20.9. The van der Waals surface area contributed by atoms with Crippen LogP contribution in [0.1, 0.15) is 45.1 Å². The van der Waals surface area contributed by atoms with Crippen LogP contribution in [0.25, 0.3) is 0 Å². The van der Waals surface area contributed by atoms with Crippen molar-refractivity contribution in [3.8, 4) is 5.88 Å². The lowest BCUT2D eigenvalue weighted by Gasteiger charge is -2.48. The normalized spacial score (nSPS) is 18.3. The number of nitrogens with zero attached hydrogens (tertiary/aromatic N) is 3. The van der Waals surface area contributed by atoms with E-state index < -0.39 is 24.3 Å². The maximum atomic E-state index is 10.6. The van der Waals surface area contributed by atoms with E-state index in [1.807, 2.05) is 12.3 Å². The van der Waals surface area contributed by atoms with Gasteiger partial charge in [-0.2, -0.15) is 26.3 Å². The Hall–Kier alpha value is -2.61. The molecule has 0 aliphatic carbocycles. The SMILES string of the molecule is COc1ncccc1CN1CCCC2(CCN(C(C)C)CC2)C1.O=C(O)C(F)(F)F.O=C(O)C(F)(F)F. The summed E-state index contributed by atoms with van der Waals surface area (Å²) in [5.74, 6) is -4.73. The molecule has 3 rings (SSSR count). The van der Waals surface area contributed by atoms with Gasteiger partial charge in [-0.15, -0.1) is 0 Å². The number of carbonyl (C=O) groups is 2. The fourth-order valence-electron chi connectivity index (χ4n) is 4.34. The topological polar surface area (TPSA) is 103 Å². The summed E-state index contributed by atoms with van der Waals surface area (Å²) >= 11 is 0. The van der Waals surface area contributed by atoms with Crippen LogP contribution in [0.2, 0.25) is 0 Å². The molecule has 0 unspecified atom stereocenters. The largest absolute Gasteiger partial charge is 0.490 e. The predicted molar refractivity (Wildman–Crippen MR) is 121 cm³/mol. The van der Waals surface area contributed by atoms with Crippen LogP contribution in [-0.2, 0) is 16.1 Å². The molecule has 0 saturated carbocycles. The monoisotopic (exact) mass is 545 g/mol. The van der Waals surface area contributed by atoms with Crippen LogP contribution in [0.4, 0.5) is 26.3 Å². The second-order valence-electron chi connectivity index (χ2n) is 9.22. The van der Waals surface area contributed by atoms with Gasteiger partial charge in [-0.25, -0.2) is 14.6 Å². The van der Waals surface area contributed by atoms with Gasteiger partial charge in [0, 0.05) is 30.9 Å². The van der Waals surface area contributed by atoms with E-state index in [9.17, 15) is 26.3 Å². The maximum absolute atomic E-state index is 10.6. The molecule has 0 amide bonds. The smallest absolute Gasteiger partial charge is 0.481 e. The van der Waals surface area contributed by atoms with E-state index in [1.54, 1.807) is 7.11 Å². The van der Waals surface area contributed by atoms with Crippen LogP contribution < -0.4 is 4.74 Å². The van der Waals surface area contributed by atoms with Gasteiger partial charge in [-0.3, -0.25) is 4.90 Å². The molecule has 1 aromatic rings. The lowest BCUT2D eigenvalue weighted by molar-refractivity contribution is -0.193. The first-order valence-corrected chi connectivity index (χ1v) is 11.6. The van der Waals surface area contributed by atoms with Crippen LogP contribution in [0.15, 0.2) is 18.3 Å². The fraction of sp³-hybridized carbons (Fsp3) is 0.696. The van der Waals surface area contributed by atoms with Gasteiger partial charge in [-0.05, 0) is 70.6 Å². The minimum Gasteiger partial charge on any atom is -0.481 e. The number of methoxy groups -OCH3 is 1. The Bertz CT molecular complexity index is 847. The number of piperidine rings is 2. The molecule has 2 aliphatic heterocycles. The molecule has 0 aromatic carbocycles. The van der Waals surface area contributed by atoms with Crippen molar-refractivity contribution in [1.29, 1.82) is 0 Å². The van der Waals surface area contributed by atoms with E-state index >= 15 is 0 Å². The van der Waals surface area contributed by atoms with Crippen molar-refractivity contribution in [3.05, 3.63) is 23.9 Å². The van der Waals surface area contributed by atoms with E-state index in [-0.39, 0.29) is 0 Å². The summed E-state index contributed by atoms with van der Waals surface area (Å²) in [5, 5.41) is 14.2. The highest BCUT2D eigenvalue weighted by molar-refractivity contribution is 5.73. The third kappa shape index (κ3) is 11.1. The van der Waals surface area contributed by atoms with Crippen molar-refractivity contribution >= 4 is 11.9 Å². The minimum absolute atomic E-state index is 0.541. The Morgan fingerprint density at radius 1 is 1.03 bits per heavy atom. The first-order chi connectivity index (χ1) is 17.0. The highest BCUT2D eigenvalue weighted by Gasteiger charge is 2.40. The number of hydrogen-bond acceptors (Lipinski definition) is 6. The molecular weight excluding hydrogens is 512 g/mol. The second-order valence-corrected chi connectivity index (χ2v) is 9.22. The first-order valence-electron chi connectivity index (χ1n) is 11.6. The Morgan fingerprint density at radius 2 is 1.54 bits per heavy atom. The van der Waals surface area contributed by atoms with Gasteiger partial charge in [0.2, 0.25) is 5.88 Å². The number of hydrogen-bond donors (Lipinski definition) is 2. The van der Waals surface area contributed by atoms with E-state index in [2.05, 4.69) is 34.7 Å². The van der Waals surface area contributed by atoms with Crippen molar-refractivity contribution in [2.24, 2.45) is 5.41 Å². The molecule has 14 heteroatoms. The van der Waals surface area contributed by atoms with Gasteiger partial charge < -0.3 is 19.8 Å². The summed E-state index contributed by atoms with van der Waals surface area (Å²) in [6, 6.07) is 4.85. The number of aliphatic carboxylic acids is 2. The first kappa shape index (κ1) is 32.4. The molecule has 2 N–H and O–H groups in total. The molecule has 3 heterocycles. The quantitative estimate of drug-likeness (QED) is 0.536. The maximum Gasteiger partial charge on any atom is 0.490 e. The summed E-state index contributed by atoms with van der Waals surface area (Å²) in [6.07, 6.45) is -2.93. The van der Waals surface area contributed by atoms with Crippen LogP contribution in [0, 0.1) is 5.41 Å². The van der Waals surface area contributed by atoms with Gasteiger partial charge in [0.05, 0.1) is 7.11 Å². The van der Waals surface area contributed by atoms with Crippen LogP contribution in [0.3, 0.4) is 0 Å². The van der Waals surface area contributed by atoms with E-state index in [1.165, 1.54) is 57.4 Å². The number of pyridine rings is 1. The van der Waals surface area contributed by atoms with E-state index in [4.69, 9.17) is 24.5 Å². The zero-order chi connectivity index (χ0) is 28.4. The molecule has 1 spiro atoms. The average Bonchev–Trinajstić information content (AvgIpc) is 2.79. The third-order valence-electron chi connectivity index (χ3n) is 6.25. The Balaban J connectivity index is 0.000000404. The number of carboxylic acid groups (broad SMARTS) is 2. The lowest BCUT2D eigenvalue weighted by atomic mass is 9.72. The van der Waals surface area contributed by atoms with Crippen molar-refractivity contribution in [1.82, 2.24) is 14.8 Å². The summed E-state index contributed by atoms with van der Waals surface area (Å²) in [6.45, 7) is 10.6. The predicted octanol–water partition coefficient (Wildman–Crippen LogP) is 4.44. The van der Waals surface area contributed by atoms with Gasteiger partial charge in [0.25, 0.3) is 0 Å². The summed E-state index contributed by atoms with van der Waals surface area (Å²) < 4.78 is 68.9. The van der Waals surface area contributed by atoms with Crippen molar-refractivity contribution < 1.29 is 50.9 Å². The third-order valence-corrected chi connectivity index (χ3v) is 6.25. The Labute approximate surface area is 211 Å². The standard InChI is InChI=1S/C19H31N3O.2C2HF3O2/c1-16(2)22-12-8-19(9-13-22)7-5-11-21(15-19)14-17-6-4-10-20-18(17)23-3;2*3-2(4,5)1(6)7/h4,6,10,16H,5,7-9,11-15H2,1-3H3;2*(H,6,7). The highest BCUT2D eigenvalue weighted by Crippen LogP contribution is 2.40. The number of alkyl halides is 6. The van der Waals surface area contributed by atoms with Crippen LogP contribution in [-0.4, -0.2) is 88.6 Å². The molecule has 0 bridgehead atoms. The highest BCUT2D eigenvalue weighted by atomic mass is 19.4. The molecule has 2 saturated heterocycles. The number of rotatable bonds is 4. The molecule has 0 radical (unpaired) electrons. The summed E-state index contributed by atoms with van der Waals surface area (Å²) in [5.41, 5.74) is 1.76. The number of ether oxygens (including phenoxy) is 1. The van der Waals surface area contributed by atoms with Crippen molar-refractivity contribution in [3.63, 3.8) is 0 Å². The van der Waals surface area contributed by atoms with Crippen LogP contribution in [0.5, 0.6) is 5.88 Å². The Morgan fingerprint density at radius 3 is 1.97 bits per heavy atom. The van der Waals surface area contributed by atoms with E-state index in [0.29, 0.717) is 11.5 Å². The molecular formula is C23H33F6N3O5. The molecule has 2 aliphatic rings. The van der Waals surface area contributed by atoms with Gasteiger partial charge >= 0.3 is 24.3 Å². The van der Waals surface area contributed by atoms with Crippen molar-refractivity contribution in [2.45, 2.75) is 64.5 Å². The number of halogens is 6. The zero-order valence-electron chi connectivity index (χ0n) is 20.9. The van der Waals surface area contributed by atoms with Gasteiger partial charge in [-0.1, -0.05) is 6.07 Å². The molecule has 37 heavy (non-hydrogen) atoms. The average molecular weight is 546 g/mol. The molecule has 212 valence electrons. The summed E-state index contributed by atoms with van der Waals surface area (Å²) in [7, 11) is 1.71. The molecule has 8 nitrogen and oxygen atoms in total. The molecule has 2 fully saturated rings. The second kappa shape index (κ2) is 13.8. The summed E-state index contributed by atoms with van der Waals surface area (Å²) in [4.78, 5) is 27.4. The number of aromatic nitrogens is 1. The van der Waals surface area contributed by atoms with Gasteiger partial charge in [0.1, 0.15) is 0 Å². The number of likely N-dealkylation sites (tertiary alicyclic amines) is 2. The van der Waals surface area contributed by atoms with Crippen molar-refractivity contribution in [2.75, 3.05) is 33.3 Å². The molecule has 1 aromatic heterocycles. The van der Waals surface area contributed by atoms with E-state index in [0.717, 1.165) is 12.4 Å². The fourth-order valence-corrected chi connectivity index (χ4v) is 4.34. The Kier molecular flexibility index (Phi) is 12.1. The molecule has 0 atom stereocenters. The lowest BCUT2D eigenvalue weighted by Crippen LogP contribution is -2.50. The van der Waals surface area contributed by atoms with Crippen LogP contribution >= 0.6 is 0 Å².